The first-order valence-corrected chi connectivity index (χ1v) is 9.35. The van der Waals surface area contributed by atoms with E-state index in [1.54, 1.807) is 21.3 Å². The van der Waals surface area contributed by atoms with Gasteiger partial charge in [-0.2, -0.15) is 0 Å². The molecule has 0 aliphatic carbocycles. The number of ether oxygens (including phenoxy) is 4. The zero-order valence-corrected chi connectivity index (χ0v) is 16.0. The van der Waals surface area contributed by atoms with Gasteiger partial charge in [0.15, 0.2) is 0 Å². The molecule has 1 aliphatic rings. The van der Waals surface area contributed by atoms with Gasteiger partial charge in [0.25, 0.3) is 5.97 Å². The minimum atomic E-state index is -0.929. The van der Waals surface area contributed by atoms with Crippen molar-refractivity contribution in [3.05, 3.63) is 0 Å². The Balaban J connectivity index is 2.60. The quantitative estimate of drug-likeness (QED) is 0.340. The topological polar surface area (TPSA) is 36.9 Å². The van der Waals surface area contributed by atoms with Gasteiger partial charge in [-0.15, -0.1) is 0 Å². The van der Waals surface area contributed by atoms with Gasteiger partial charge in [0.2, 0.25) is 0 Å². The first-order chi connectivity index (χ1) is 11.1. The highest BCUT2D eigenvalue weighted by Gasteiger charge is 2.47. The second kappa shape index (κ2) is 10.7. The molecule has 0 aromatic carbocycles. The van der Waals surface area contributed by atoms with E-state index < -0.39 is 5.97 Å². The maximum absolute atomic E-state index is 5.67. The van der Waals surface area contributed by atoms with Gasteiger partial charge < -0.3 is 18.9 Å². The lowest BCUT2D eigenvalue weighted by atomic mass is 9.73. The highest BCUT2D eigenvalue weighted by Crippen LogP contribution is 2.43. The molecule has 1 atom stereocenters. The van der Waals surface area contributed by atoms with Crippen molar-refractivity contribution < 1.29 is 18.9 Å². The van der Waals surface area contributed by atoms with Crippen LogP contribution in [0.25, 0.3) is 0 Å². The molecule has 0 radical (unpaired) electrons. The Morgan fingerprint density at radius 3 is 1.91 bits per heavy atom. The van der Waals surface area contributed by atoms with Gasteiger partial charge in [-0.05, 0) is 19.3 Å². The van der Waals surface area contributed by atoms with Gasteiger partial charge in [-0.1, -0.05) is 52.4 Å². The van der Waals surface area contributed by atoms with E-state index in [1.807, 2.05) is 0 Å². The van der Waals surface area contributed by atoms with Crippen molar-refractivity contribution in [3.8, 4) is 0 Å². The molecule has 1 saturated heterocycles. The third kappa shape index (κ3) is 5.70. The van der Waals surface area contributed by atoms with Crippen molar-refractivity contribution in [2.45, 2.75) is 77.6 Å². The molecule has 0 bridgehead atoms. The zero-order valence-electron chi connectivity index (χ0n) is 16.0. The van der Waals surface area contributed by atoms with Crippen LogP contribution in [0.5, 0.6) is 0 Å². The Kier molecular flexibility index (Phi) is 9.67. The smallest absolute Gasteiger partial charge is 0.285 e. The predicted molar refractivity (Wildman–Crippen MR) is 93.4 cm³/mol. The molecule has 0 N–H and O–H groups in total. The van der Waals surface area contributed by atoms with Crippen LogP contribution in [0.3, 0.4) is 0 Å². The van der Waals surface area contributed by atoms with Crippen molar-refractivity contribution >= 4 is 0 Å². The molecule has 1 aliphatic heterocycles. The van der Waals surface area contributed by atoms with E-state index in [4.69, 9.17) is 18.9 Å². The first-order valence-electron chi connectivity index (χ1n) is 9.35. The maximum Gasteiger partial charge on any atom is 0.285 e. The predicted octanol–water partition coefficient (Wildman–Crippen LogP) is 4.76. The summed E-state index contributed by atoms with van der Waals surface area (Å²) in [7, 11) is 5.03. The fourth-order valence-electron chi connectivity index (χ4n) is 3.70. The highest BCUT2D eigenvalue weighted by molar-refractivity contribution is 4.89. The molecule has 0 saturated carbocycles. The van der Waals surface area contributed by atoms with Crippen LogP contribution in [0.1, 0.15) is 71.6 Å². The molecule has 0 spiro atoms. The van der Waals surface area contributed by atoms with Crippen molar-refractivity contribution in [2.75, 3.05) is 34.5 Å². The van der Waals surface area contributed by atoms with Crippen molar-refractivity contribution in [1.29, 1.82) is 0 Å². The van der Waals surface area contributed by atoms with E-state index in [2.05, 4.69) is 13.8 Å². The number of hydrogen-bond acceptors (Lipinski definition) is 4. The largest absolute Gasteiger partial charge is 0.380 e. The molecule has 1 heterocycles. The second-order valence-corrected chi connectivity index (χ2v) is 7.02. The fraction of sp³-hybridized carbons (Fsp3) is 1.00. The Hall–Kier alpha value is -0.160. The first kappa shape index (κ1) is 20.9. The van der Waals surface area contributed by atoms with Gasteiger partial charge in [0.05, 0.1) is 13.2 Å². The van der Waals surface area contributed by atoms with Crippen LogP contribution >= 0.6 is 0 Å². The maximum atomic E-state index is 5.67. The Morgan fingerprint density at radius 2 is 1.48 bits per heavy atom. The minimum absolute atomic E-state index is 0.234. The summed E-state index contributed by atoms with van der Waals surface area (Å²) >= 11 is 0. The Bertz CT molecular complexity index is 284. The molecule has 23 heavy (non-hydrogen) atoms. The number of unbranched alkanes of at least 4 members (excludes halogenated alkanes) is 5. The molecule has 0 aromatic heterocycles. The lowest BCUT2D eigenvalue weighted by molar-refractivity contribution is -0.385. The molecule has 4 heteroatoms. The molecule has 1 rings (SSSR count). The van der Waals surface area contributed by atoms with Crippen molar-refractivity contribution in [1.82, 2.24) is 0 Å². The Labute approximate surface area is 143 Å². The summed E-state index contributed by atoms with van der Waals surface area (Å²) in [4.78, 5) is 0. The van der Waals surface area contributed by atoms with Gasteiger partial charge in [0, 0.05) is 32.7 Å². The Morgan fingerprint density at radius 1 is 0.913 bits per heavy atom. The average Bonchev–Trinajstić information content (AvgIpc) is 2.55. The molecule has 0 amide bonds. The third-order valence-corrected chi connectivity index (χ3v) is 5.51. The van der Waals surface area contributed by atoms with Crippen LogP contribution in [0.4, 0.5) is 0 Å². The van der Waals surface area contributed by atoms with E-state index in [0.717, 1.165) is 32.5 Å². The van der Waals surface area contributed by atoms with E-state index in [9.17, 15) is 0 Å². The standard InChI is InChI=1S/C19H38O4/c1-6-8-9-10-11-12-13-17(19(20-3,21-4)22-5)14-18(7-2)15-23-16-18/h17H,6-16H2,1-5H3. The fourth-order valence-corrected chi connectivity index (χ4v) is 3.70. The van der Waals surface area contributed by atoms with E-state index in [1.165, 1.54) is 38.5 Å². The zero-order chi connectivity index (χ0) is 17.2. The SMILES string of the molecule is CCCCCCCCC(CC1(CC)COC1)C(OC)(OC)OC. The van der Waals surface area contributed by atoms with E-state index in [0.29, 0.717) is 0 Å². The van der Waals surface area contributed by atoms with Gasteiger partial charge in [-0.25, -0.2) is 0 Å². The normalized spacial score (nSPS) is 18.7. The summed E-state index contributed by atoms with van der Waals surface area (Å²) in [6, 6.07) is 0. The van der Waals surface area contributed by atoms with Crippen LogP contribution in [-0.2, 0) is 18.9 Å². The molecule has 138 valence electrons. The van der Waals surface area contributed by atoms with Crippen molar-refractivity contribution in [3.63, 3.8) is 0 Å². The third-order valence-electron chi connectivity index (χ3n) is 5.51. The second-order valence-electron chi connectivity index (χ2n) is 7.02. The van der Waals surface area contributed by atoms with Crippen LogP contribution < -0.4 is 0 Å². The van der Waals surface area contributed by atoms with Crippen LogP contribution in [-0.4, -0.2) is 40.5 Å². The molecule has 0 aromatic rings. The van der Waals surface area contributed by atoms with Gasteiger partial charge in [0.1, 0.15) is 0 Å². The molecule has 1 fully saturated rings. The highest BCUT2D eigenvalue weighted by atomic mass is 16.9. The van der Waals surface area contributed by atoms with Gasteiger partial charge >= 0.3 is 0 Å². The van der Waals surface area contributed by atoms with Crippen molar-refractivity contribution in [2.24, 2.45) is 11.3 Å². The monoisotopic (exact) mass is 330 g/mol. The summed E-state index contributed by atoms with van der Waals surface area (Å²) in [6.07, 6.45) is 11.0. The lowest BCUT2D eigenvalue weighted by Gasteiger charge is -2.46. The van der Waals surface area contributed by atoms with Gasteiger partial charge in [-0.3, -0.25) is 0 Å². The molecular formula is C19H38O4. The van der Waals surface area contributed by atoms with E-state index in [-0.39, 0.29) is 11.3 Å². The summed E-state index contributed by atoms with van der Waals surface area (Å²) in [6.45, 7) is 6.21. The minimum Gasteiger partial charge on any atom is -0.380 e. The number of methoxy groups -OCH3 is 3. The molecule has 4 nitrogen and oxygen atoms in total. The lowest BCUT2D eigenvalue weighted by Crippen LogP contribution is -2.50. The summed E-state index contributed by atoms with van der Waals surface area (Å²) in [5, 5.41) is 0. The average molecular weight is 331 g/mol. The van der Waals surface area contributed by atoms with Crippen LogP contribution in [0.15, 0.2) is 0 Å². The molecular weight excluding hydrogens is 292 g/mol. The van der Waals surface area contributed by atoms with Crippen LogP contribution in [0.2, 0.25) is 0 Å². The van der Waals surface area contributed by atoms with Crippen LogP contribution in [0, 0.1) is 11.3 Å². The summed E-state index contributed by atoms with van der Waals surface area (Å²) in [5.74, 6) is -0.696. The summed E-state index contributed by atoms with van der Waals surface area (Å²) in [5.41, 5.74) is 0.272. The summed E-state index contributed by atoms with van der Waals surface area (Å²) < 4.78 is 22.5. The van der Waals surface area contributed by atoms with E-state index >= 15 is 0 Å². The number of rotatable bonds is 14. The molecule has 1 unspecified atom stereocenters. The number of hydrogen-bond donors (Lipinski definition) is 0.